The Morgan fingerprint density at radius 1 is 1.09 bits per heavy atom. The van der Waals surface area contributed by atoms with Crippen LogP contribution in [0, 0.1) is 0 Å². The average molecular weight is 350 g/mol. The molecule has 0 aliphatic rings. The Morgan fingerprint density at radius 2 is 1.61 bits per heavy atom. The second-order valence-electron chi connectivity index (χ2n) is 7.61. The lowest BCUT2D eigenvalue weighted by Crippen LogP contribution is -2.18. The summed E-state index contributed by atoms with van der Waals surface area (Å²) in [4.78, 5) is 16.8. The number of aromatic nitrogens is 1. The third kappa shape index (κ3) is 4.15. The number of benzene rings is 1. The second-order valence-corrected chi connectivity index (χ2v) is 9.72. The van der Waals surface area contributed by atoms with Crippen molar-refractivity contribution >= 4 is 28.2 Å². The van der Waals surface area contributed by atoms with Crippen molar-refractivity contribution in [1.29, 1.82) is 0 Å². The first kappa shape index (κ1) is 18.0. The predicted molar refractivity (Wildman–Crippen MR) is 97.8 cm³/mol. The van der Waals surface area contributed by atoms with Gasteiger partial charge in [-0.1, -0.05) is 41.5 Å². The Labute approximate surface area is 146 Å². The summed E-state index contributed by atoms with van der Waals surface area (Å²) in [7, 11) is 0. The summed E-state index contributed by atoms with van der Waals surface area (Å²) < 4.78 is 0.734. The van der Waals surface area contributed by atoms with Crippen molar-refractivity contribution in [3.05, 3.63) is 40.4 Å². The van der Waals surface area contributed by atoms with E-state index in [1.165, 1.54) is 11.3 Å². The SMILES string of the molecule is CC(C)(C)c1cc(C(=O)Sc2nccs2)cc(C(C)(C)C)c1O. The Morgan fingerprint density at radius 3 is 2.00 bits per heavy atom. The predicted octanol–water partition coefficient (Wildman–Crippen LogP) is 5.38. The first-order chi connectivity index (χ1) is 10.5. The minimum absolute atomic E-state index is 0.0454. The Balaban J connectivity index is 2.53. The van der Waals surface area contributed by atoms with Crippen LogP contribution in [0.2, 0.25) is 0 Å². The monoisotopic (exact) mass is 349 g/mol. The lowest BCUT2D eigenvalue weighted by Gasteiger charge is -2.28. The lowest BCUT2D eigenvalue weighted by molar-refractivity contribution is 0.108. The molecule has 1 aromatic heterocycles. The molecule has 0 spiro atoms. The lowest BCUT2D eigenvalue weighted by atomic mass is 9.78. The smallest absolute Gasteiger partial charge is 0.226 e. The van der Waals surface area contributed by atoms with Crippen LogP contribution in [0.3, 0.4) is 0 Å². The van der Waals surface area contributed by atoms with E-state index in [1.807, 2.05) is 59.1 Å². The topological polar surface area (TPSA) is 50.2 Å². The molecule has 0 bridgehead atoms. The molecule has 0 atom stereocenters. The van der Waals surface area contributed by atoms with Gasteiger partial charge < -0.3 is 5.11 Å². The number of thioether (sulfide) groups is 1. The average Bonchev–Trinajstić information content (AvgIpc) is 2.88. The van der Waals surface area contributed by atoms with Crippen LogP contribution in [0.1, 0.15) is 63.0 Å². The minimum Gasteiger partial charge on any atom is -0.507 e. The molecule has 0 aliphatic carbocycles. The fraction of sp³-hybridized carbons (Fsp3) is 0.444. The summed E-state index contributed by atoms with van der Waals surface area (Å²) in [5.74, 6) is 0.292. The molecule has 2 aromatic rings. The second kappa shape index (κ2) is 6.29. The van der Waals surface area contributed by atoms with Crippen LogP contribution in [0.15, 0.2) is 28.0 Å². The van der Waals surface area contributed by atoms with E-state index in [-0.39, 0.29) is 15.9 Å². The third-order valence-electron chi connectivity index (χ3n) is 3.55. The zero-order valence-corrected chi connectivity index (χ0v) is 16.1. The van der Waals surface area contributed by atoms with E-state index in [1.54, 1.807) is 6.20 Å². The first-order valence-electron chi connectivity index (χ1n) is 7.50. The molecule has 0 unspecified atom stereocenters. The van der Waals surface area contributed by atoms with Gasteiger partial charge in [-0.3, -0.25) is 4.79 Å². The molecule has 0 saturated heterocycles. The highest BCUT2D eigenvalue weighted by molar-refractivity contribution is 8.15. The maximum atomic E-state index is 12.6. The number of nitrogens with zero attached hydrogens (tertiary/aromatic N) is 1. The molecule has 0 amide bonds. The minimum atomic E-state index is -0.244. The van der Waals surface area contributed by atoms with Crippen LogP contribution < -0.4 is 0 Å². The van der Waals surface area contributed by atoms with Gasteiger partial charge in [0.1, 0.15) is 5.75 Å². The van der Waals surface area contributed by atoms with Gasteiger partial charge in [-0.05, 0) is 34.7 Å². The zero-order chi connectivity index (χ0) is 17.4. The molecule has 0 fully saturated rings. The first-order valence-corrected chi connectivity index (χ1v) is 9.19. The molecule has 2 rings (SSSR count). The van der Waals surface area contributed by atoms with E-state index in [0.29, 0.717) is 11.3 Å². The van der Waals surface area contributed by atoms with E-state index in [4.69, 9.17) is 0 Å². The van der Waals surface area contributed by atoms with Crippen LogP contribution in [0.5, 0.6) is 5.75 Å². The van der Waals surface area contributed by atoms with Crippen molar-refractivity contribution in [2.75, 3.05) is 0 Å². The van der Waals surface area contributed by atoms with Gasteiger partial charge in [-0.25, -0.2) is 4.98 Å². The number of rotatable bonds is 2. The van der Waals surface area contributed by atoms with Gasteiger partial charge in [0.05, 0.1) is 0 Å². The van der Waals surface area contributed by atoms with Gasteiger partial charge in [0, 0.05) is 28.3 Å². The molecule has 5 heteroatoms. The van der Waals surface area contributed by atoms with Crippen molar-refractivity contribution in [2.24, 2.45) is 0 Å². The number of carbonyl (C=O) groups excluding carboxylic acids is 1. The molecule has 0 aliphatic heterocycles. The van der Waals surface area contributed by atoms with Gasteiger partial charge in [-0.2, -0.15) is 0 Å². The van der Waals surface area contributed by atoms with Crippen LogP contribution in [0.25, 0.3) is 0 Å². The summed E-state index contributed by atoms with van der Waals surface area (Å²) in [5, 5.41) is 12.5. The Bertz CT molecular complexity index is 673. The summed E-state index contributed by atoms with van der Waals surface area (Å²) in [5.41, 5.74) is 1.72. The maximum Gasteiger partial charge on any atom is 0.226 e. The van der Waals surface area contributed by atoms with Crippen molar-refractivity contribution in [3.63, 3.8) is 0 Å². The van der Waals surface area contributed by atoms with Gasteiger partial charge in [0.2, 0.25) is 5.12 Å². The van der Waals surface area contributed by atoms with Crippen LogP contribution in [0.4, 0.5) is 0 Å². The Kier molecular flexibility index (Phi) is 4.92. The van der Waals surface area contributed by atoms with Crippen LogP contribution in [-0.2, 0) is 10.8 Å². The zero-order valence-electron chi connectivity index (χ0n) is 14.4. The van der Waals surface area contributed by atoms with Crippen LogP contribution in [-0.4, -0.2) is 15.2 Å². The normalized spacial score (nSPS) is 12.4. The Hall–Kier alpha value is -1.33. The van der Waals surface area contributed by atoms with Gasteiger partial charge in [0.15, 0.2) is 4.34 Å². The number of hydrogen-bond donors (Lipinski definition) is 1. The summed E-state index contributed by atoms with van der Waals surface area (Å²) in [6, 6.07) is 3.63. The van der Waals surface area contributed by atoms with E-state index in [2.05, 4.69) is 4.98 Å². The van der Waals surface area contributed by atoms with Gasteiger partial charge in [-0.15, -0.1) is 11.3 Å². The summed E-state index contributed by atoms with van der Waals surface area (Å²) >= 11 is 2.58. The fourth-order valence-corrected chi connectivity index (χ4v) is 3.75. The molecule has 0 saturated carbocycles. The number of phenols is 1. The molecule has 1 N–H and O–H groups in total. The molecule has 1 aromatic carbocycles. The number of phenolic OH excluding ortho intramolecular Hbond substituents is 1. The highest BCUT2D eigenvalue weighted by Crippen LogP contribution is 2.40. The maximum absolute atomic E-state index is 12.6. The highest BCUT2D eigenvalue weighted by atomic mass is 32.2. The number of aromatic hydroxyl groups is 1. The van der Waals surface area contributed by atoms with Crippen molar-refractivity contribution in [1.82, 2.24) is 4.98 Å². The molecule has 23 heavy (non-hydrogen) atoms. The van der Waals surface area contributed by atoms with E-state index in [9.17, 15) is 9.90 Å². The largest absolute Gasteiger partial charge is 0.507 e. The fourth-order valence-electron chi connectivity index (χ4n) is 2.29. The summed E-state index contributed by atoms with van der Waals surface area (Å²) in [6.07, 6.45) is 1.69. The van der Waals surface area contributed by atoms with E-state index < -0.39 is 0 Å². The number of thiazole rings is 1. The van der Waals surface area contributed by atoms with E-state index >= 15 is 0 Å². The standard InChI is InChI=1S/C18H23NO2S2/c1-17(2,3)12-9-11(10-13(14(12)20)18(4,5)6)15(21)23-16-19-7-8-22-16/h7-10,20H,1-6H3. The molecule has 3 nitrogen and oxygen atoms in total. The van der Waals surface area contributed by atoms with Crippen molar-refractivity contribution in [3.8, 4) is 5.75 Å². The number of carbonyl (C=O) groups is 1. The number of hydrogen-bond acceptors (Lipinski definition) is 5. The third-order valence-corrected chi connectivity index (χ3v) is 5.36. The molecule has 124 valence electrons. The van der Waals surface area contributed by atoms with Crippen molar-refractivity contribution < 1.29 is 9.90 Å². The van der Waals surface area contributed by atoms with Gasteiger partial charge in [0.25, 0.3) is 0 Å². The molecular formula is C18H23NO2S2. The molecular weight excluding hydrogens is 326 g/mol. The molecule has 0 radical (unpaired) electrons. The van der Waals surface area contributed by atoms with E-state index in [0.717, 1.165) is 27.2 Å². The quantitative estimate of drug-likeness (QED) is 0.740. The highest BCUT2D eigenvalue weighted by Gasteiger charge is 2.28. The summed E-state index contributed by atoms with van der Waals surface area (Å²) in [6.45, 7) is 12.2. The molecule has 1 heterocycles. The van der Waals surface area contributed by atoms with Crippen LogP contribution >= 0.6 is 23.1 Å². The van der Waals surface area contributed by atoms with Crippen molar-refractivity contribution in [2.45, 2.75) is 56.7 Å². The van der Waals surface area contributed by atoms with Gasteiger partial charge >= 0.3 is 0 Å².